The van der Waals surface area contributed by atoms with Gasteiger partial charge in [-0.1, -0.05) is 78.1 Å². The zero-order chi connectivity index (χ0) is 15.5. The van der Waals surface area contributed by atoms with Gasteiger partial charge in [0.15, 0.2) is 0 Å². The summed E-state index contributed by atoms with van der Waals surface area (Å²) in [6.45, 7) is 4.92. The van der Waals surface area contributed by atoms with E-state index >= 15 is 0 Å². The molecule has 1 unspecified atom stereocenters. The average Bonchev–Trinajstić information content (AvgIpc) is 2.45. The van der Waals surface area contributed by atoms with Crippen LogP contribution in [0, 0.1) is 5.92 Å². The molecule has 0 spiro atoms. The fraction of sp³-hybridized carbons (Fsp3) is 1.00. The van der Waals surface area contributed by atoms with Gasteiger partial charge in [0, 0.05) is 20.8 Å². The van der Waals surface area contributed by atoms with Crippen molar-refractivity contribution in [3.63, 3.8) is 0 Å². The quantitative estimate of drug-likeness (QED) is 0.448. The second-order valence-electron chi connectivity index (χ2n) is 5.86. The predicted octanol–water partition coefficient (Wildman–Crippen LogP) is 5.58. The molecule has 0 saturated heterocycles. The highest BCUT2D eigenvalue weighted by atomic mass is 16.4. The molecule has 0 aromatic rings. The molecule has 0 radical (unpaired) electrons. The van der Waals surface area contributed by atoms with E-state index in [2.05, 4.69) is 18.6 Å². The molecule has 1 N–H and O–H groups in total. The van der Waals surface area contributed by atoms with Crippen LogP contribution in [0.4, 0.5) is 0 Å². The van der Waals surface area contributed by atoms with Crippen LogP contribution in [0.2, 0.25) is 0 Å². The Morgan fingerprint density at radius 1 is 0.700 bits per heavy atom. The fourth-order valence-electron chi connectivity index (χ4n) is 2.40. The van der Waals surface area contributed by atoms with Crippen molar-refractivity contribution in [1.82, 2.24) is 0 Å². The van der Waals surface area contributed by atoms with Crippen molar-refractivity contribution in [1.29, 1.82) is 0 Å². The monoisotopic (exact) mass is 288 g/mol. The fourth-order valence-corrected chi connectivity index (χ4v) is 2.40. The maximum Gasteiger partial charge on any atom is 0.0459 e. The summed E-state index contributed by atoms with van der Waals surface area (Å²) >= 11 is 0. The third-order valence-corrected chi connectivity index (χ3v) is 3.69. The van der Waals surface area contributed by atoms with Crippen molar-refractivity contribution in [2.75, 3.05) is 20.8 Å². The molecular weight excluding hydrogens is 248 g/mol. The van der Waals surface area contributed by atoms with Gasteiger partial charge in [-0.3, -0.25) is 0 Å². The summed E-state index contributed by atoms with van der Waals surface area (Å²) in [4.78, 5) is 0. The van der Waals surface area contributed by atoms with Gasteiger partial charge in [0.1, 0.15) is 0 Å². The number of ether oxygens (including phenoxy) is 1. The van der Waals surface area contributed by atoms with Crippen LogP contribution >= 0.6 is 0 Å². The number of aliphatic hydroxyl groups is 1. The van der Waals surface area contributed by atoms with Gasteiger partial charge < -0.3 is 9.84 Å². The minimum absolute atomic E-state index is 0.404. The first-order valence-corrected chi connectivity index (χ1v) is 8.77. The molecule has 0 amide bonds. The number of aliphatic hydroxyl groups excluding tert-OH is 1. The highest BCUT2D eigenvalue weighted by Crippen LogP contribution is 2.18. The highest BCUT2D eigenvalue weighted by Gasteiger charge is 2.06. The van der Waals surface area contributed by atoms with Crippen molar-refractivity contribution < 1.29 is 9.84 Å². The molecule has 0 aliphatic heterocycles. The molecule has 124 valence electrons. The van der Waals surface area contributed by atoms with Crippen LogP contribution < -0.4 is 0 Å². The molecule has 0 aromatic heterocycles. The molecular formula is C18H40O2. The molecule has 1 atom stereocenters. The number of hydrogen-bond acceptors (Lipinski definition) is 2. The Kier molecular flexibility index (Phi) is 23.6. The van der Waals surface area contributed by atoms with E-state index in [9.17, 15) is 5.11 Å². The topological polar surface area (TPSA) is 29.5 Å². The van der Waals surface area contributed by atoms with Gasteiger partial charge in [0.05, 0.1) is 0 Å². The van der Waals surface area contributed by atoms with E-state index in [4.69, 9.17) is 0 Å². The summed E-state index contributed by atoms with van der Waals surface area (Å²) in [5.74, 6) is 0.582. The zero-order valence-electron chi connectivity index (χ0n) is 14.6. The standard InChI is InChI=1S/C16H34O.C2H6O/c1-3-5-7-9-10-12-14-16(15-17)13-11-8-6-4-2;1-3-2/h16-17H,3-15H2,1-2H3;1-2H3. The average molecular weight is 289 g/mol. The molecule has 2 heteroatoms. The Hall–Kier alpha value is -0.0800. The van der Waals surface area contributed by atoms with E-state index in [0.29, 0.717) is 12.5 Å². The molecule has 20 heavy (non-hydrogen) atoms. The van der Waals surface area contributed by atoms with E-state index in [1.807, 2.05) is 0 Å². The smallest absolute Gasteiger partial charge is 0.0459 e. The summed E-state index contributed by atoms with van der Waals surface area (Å²) in [7, 11) is 3.25. The molecule has 0 saturated carbocycles. The second-order valence-corrected chi connectivity index (χ2v) is 5.86. The lowest BCUT2D eigenvalue weighted by molar-refractivity contribution is 0.204. The van der Waals surface area contributed by atoms with Crippen molar-refractivity contribution in [2.24, 2.45) is 5.92 Å². The van der Waals surface area contributed by atoms with Crippen molar-refractivity contribution in [2.45, 2.75) is 90.9 Å². The lowest BCUT2D eigenvalue weighted by atomic mass is 9.95. The third-order valence-electron chi connectivity index (χ3n) is 3.69. The number of hydrogen-bond donors (Lipinski definition) is 1. The number of methoxy groups -OCH3 is 1. The minimum atomic E-state index is 0.404. The van der Waals surface area contributed by atoms with E-state index in [-0.39, 0.29) is 0 Å². The SMILES string of the molecule is CCCCCCCCC(CO)CCCCCC.COC. The Balaban J connectivity index is 0. The summed E-state index contributed by atoms with van der Waals surface area (Å²) < 4.78 is 4.25. The molecule has 0 aliphatic rings. The first-order valence-electron chi connectivity index (χ1n) is 8.77. The van der Waals surface area contributed by atoms with Crippen LogP contribution in [0.25, 0.3) is 0 Å². The van der Waals surface area contributed by atoms with Gasteiger partial charge in [0.25, 0.3) is 0 Å². The Bertz CT molecular complexity index is 148. The van der Waals surface area contributed by atoms with Crippen LogP contribution in [0.5, 0.6) is 0 Å². The lowest BCUT2D eigenvalue weighted by Gasteiger charge is -2.13. The zero-order valence-corrected chi connectivity index (χ0v) is 14.6. The molecule has 0 heterocycles. The Morgan fingerprint density at radius 3 is 1.45 bits per heavy atom. The molecule has 0 aromatic carbocycles. The highest BCUT2D eigenvalue weighted by molar-refractivity contribution is 4.59. The third kappa shape index (κ3) is 20.2. The number of rotatable bonds is 13. The van der Waals surface area contributed by atoms with Crippen molar-refractivity contribution in [3.8, 4) is 0 Å². The maximum atomic E-state index is 9.32. The van der Waals surface area contributed by atoms with E-state index in [0.717, 1.165) is 0 Å². The van der Waals surface area contributed by atoms with Crippen molar-refractivity contribution in [3.05, 3.63) is 0 Å². The van der Waals surface area contributed by atoms with Gasteiger partial charge in [-0.2, -0.15) is 0 Å². The maximum absolute atomic E-state index is 9.32. The molecule has 0 rings (SSSR count). The summed E-state index contributed by atoms with van der Waals surface area (Å²) in [5, 5.41) is 9.32. The summed E-state index contributed by atoms with van der Waals surface area (Å²) in [6, 6.07) is 0. The van der Waals surface area contributed by atoms with Gasteiger partial charge >= 0.3 is 0 Å². The van der Waals surface area contributed by atoms with Gasteiger partial charge in [-0.15, -0.1) is 0 Å². The predicted molar refractivity (Wildman–Crippen MR) is 90.3 cm³/mol. The first-order chi connectivity index (χ1) is 9.76. The van der Waals surface area contributed by atoms with Gasteiger partial charge in [-0.25, -0.2) is 0 Å². The second kappa shape index (κ2) is 21.2. The Morgan fingerprint density at radius 2 is 1.05 bits per heavy atom. The molecule has 2 nitrogen and oxygen atoms in total. The van der Waals surface area contributed by atoms with Crippen LogP contribution in [0.1, 0.15) is 90.9 Å². The van der Waals surface area contributed by atoms with E-state index < -0.39 is 0 Å². The first kappa shape index (κ1) is 22.2. The summed E-state index contributed by atoms with van der Waals surface area (Å²) in [5.41, 5.74) is 0. The molecule has 0 fully saturated rings. The van der Waals surface area contributed by atoms with Crippen LogP contribution in [-0.4, -0.2) is 25.9 Å². The van der Waals surface area contributed by atoms with Crippen LogP contribution in [0.15, 0.2) is 0 Å². The van der Waals surface area contributed by atoms with E-state index in [1.54, 1.807) is 14.2 Å². The number of unbranched alkanes of at least 4 members (excludes halogenated alkanes) is 8. The van der Waals surface area contributed by atoms with Gasteiger partial charge in [-0.05, 0) is 18.8 Å². The summed E-state index contributed by atoms with van der Waals surface area (Å²) in [6.07, 6.45) is 16.0. The van der Waals surface area contributed by atoms with Crippen LogP contribution in [-0.2, 0) is 4.74 Å². The molecule has 0 bridgehead atoms. The van der Waals surface area contributed by atoms with E-state index in [1.165, 1.54) is 77.0 Å². The van der Waals surface area contributed by atoms with Crippen LogP contribution in [0.3, 0.4) is 0 Å². The van der Waals surface area contributed by atoms with Crippen molar-refractivity contribution >= 4 is 0 Å². The largest absolute Gasteiger partial charge is 0.396 e. The van der Waals surface area contributed by atoms with Gasteiger partial charge in [0.2, 0.25) is 0 Å². The Labute approximate surface area is 128 Å². The lowest BCUT2D eigenvalue weighted by Crippen LogP contribution is -2.06. The molecule has 0 aliphatic carbocycles. The normalized spacial score (nSPS) is 11.8. The minimum Gasteiger partial charge on any atom is -0.396 e.